The summed E-state index contributed by atoms with van der Waals surface area (Å²) in [4.78, 5) is 29.6. The standard InChI is InChI=1S/C20H15BBrN5O2/c1-3-29-21-27-19-10-13(8-12(2)25-19)15-6-7-24-11-14(15)9-17(28)20-16(23)4-5-18(22)26-20/h1,4-8,10-11H,9,23H2,2H3. The van der Waals surface area contributed by atoms with Crippen LogP contribution in [0, 0.1) is 19.5 Å². The van der Waals surface area contributed by atoms with Crippen LogP contribution in [0.3, 0.4) is 0 Å². The van der Waals surface area contributed by atoms with Crippen LogP contribution in [0.15, 0.2) is 52.2 Å². The molecule has 0 aliphatic rings. The number of Topliss-reactive ketones (excluding diaryl/α,β-unsaturated/α-hetero) is 1. The Morgan fingerprint density at radius 1 is 1.34 bits per heavy atom. The summed E-state index contributed by atoms with van der Waals surface area (Å²) in [6.45, 7) is 1.85. The van der Waals surface area contributed by atoms with Gasteiger partial charge in [0.25, 0.3) is 0 Å². The second kappa shape index (κ2) is 9.21. The number of anilines is 1. The van der Waals surface area contributed by atoms with Gasteiger partial charge in [0.15, 0.2) is 0 Å². The molecule has 0 amide bonds. The van der Waals surface area contributed by atoms with Crippen LogP contribution < -0.4 is 5.73 Å². The number of carbonyl (C=O) groups is 1. The van der Waals surface area contributed by atoms with Crippen LogP contribution in [0.1, 0.15) is 21.7 Å². The third kappa shape index (κ3) is 5.12. The molecule has 7 nitrogen and oxygen atoms in total. The molecule has 0 radical (unpaired) electrons. The molecule has 3 rings (SSSR count). The molecular weight excluding hydrogens is 433 g/mol. The number of halogens is 1. The Kier molecular flexibility index (Phi) is 6.47. The van der Waals surface area contributed by atoms with Crippen LogP contribution in [0.2, 0.25) is 0 Å². The number of ketones is 1. The Bertz CT molecular complexity index is 1140. The number of terminal acetylenes is 1. The second-order valence-corrected chi connectivity index (χ2v) is 6.84. The molecule has 0 bridgehead atoms. The number of rotatable bonds is 6. The quantitative estimate of drug-likeness (QED) is 0.267. The molecule has 0 aromatic carbocycles. The van der Waals surface area contributed by atoms with Crippen molar-refractivity contribution in [3.05, 3.63) is 64.3 Å². The fourth-order valence-electron chi connectivity index (χ4n) is 2.76. The van der Waals surface area contributed by atoms with Gasteiger partial charge in [-0.3, -0.25) is 0 Å². The fraction of sp³-hybridized carbons (Fsp3) is 0.100. The molecule has 0 aliphatic carbocycles. The van der Waals surface area contributed by atoms with Gasteiger partial charge in [-0.1, -0.05) is 0 Å². The van der Waals surface area contributed by atoms with E-state index in [9.17, 15) is 4.79 Å². The fourth-order valence-corrected chi connectivity index (χ4v) is 3.07. The summed E-state index contributed by atoms with van der Waals surface area (Å²) in [6, 6.07) is 8.84. The molecule has 2 N–H and O–H groups in total. The van der Waals surface area contributed by atoms with Gasteiger partial charge in [0.2, 0.25) is 0 Å². The van der Waals surface area contributed by atoms with Gasteiger partial charge in [0, 0.05) is 0 Å². The summed E-state index contributed by atoms with van der Waals surface area (Å²) in [5.74, 6) is 0.228. The molecule has 0 saturated carbocycles. The van der Waals surface area contributed by atoms with Crippen molar-refractivity contribution in [3.8, 4) is 23.7 Å². The summed E-state index contributed by atoms with van der Waals surface area (Å²) < 4.78 is 5.23. The molecular formula is C20H15BBrN5O2. The number of nitrogens with zero attached hydrogens (tertiary/aromatic N) is 4. The average Bonchev–Trinajstić information content (AvgIpc) is 2.70. The van der Waals surface area contributed by atoms with E-state index in [1.165, 1.54) is 0 Å². The zero-order valence-electron chi connectivity index (χ0n) is 15.5. The first kappa shape index (κ1) is 20.4. The number of aryl methyl sites for hydroxylation is 1. The van der Waals surface area contributed by atoms with Crippen LogP contribution in [0.25, 0.3) is 11.1 Å². The van der Waals surface area contributed by atoms with Crippen molar-refractivity contribution in [1.82, 2.24) is 15.0 Å². The van der Waals surface area contributed by atoms with E-state index in [1.54, 1.807) is 30.6 Å². The number of hydrogen-bond donors (Lipinski definition) is 1. The summed E-state index contributed by atoms with van der Waals surface area (Å²) in [7, 11) is 1.14. The van der Waals surface area contributed by atoms with E-state index >= 15 is 0 Å². The molecule has 0 atom stereocenters. The summed E-state index contributed by atoms with van der Waals surface area (Å²) >= 11 is 3.27. The minimum absolute atomic E-state index is 0.0942. The predicted octanol–water partition coefficient (Wildman–Crippen LogP) is 3.66. The van der Waals surface area contributed by atoms with Crippen molar-refractivity contribution in [2.75, 3.05) is 5.73 Å². The third-order valence-corrected chi connectivity index (χ3v) is 4.41. The summed E-state index contributed by atoms with van der Waals surface area (Å²) in [5, 5.41) is 0. The third-order valence-electron chi connectivity index (χ3n) is 3.97. The molecule has 0 spiro atoms. The summed E-state index contributed by atoms with van der Waals surface area (Å²) in [5.41, 5.74) is 9.63. The van der Waals surface area contributed by atoms with Crippen molar-refractivity contribution in [2.24, 2.45) is 4.90 Å². The monoisotopic (exact) mass is 447 g/mol. The molecule has 3 aromatic heterocycles. The van der Waals surface area contributed by atoms with E-state index in [-0.39, 0.29) is 17.9 Å². The van der Waals surface area contributed by atoms with E-state index in [1.807, 2.05) is 25.2 Å². The molecule has 0 aliphatic heterocycles. The van der Waals surface area contributed by atoms with Crippen LogP contribution in [-0.4, -0.2) is 28.0 Å². The van der Waals surface area contributed by atoms with Gasteiger partial charge in [0.1, 0.15) is 0 Å². The normalized spacial score (nSPS) is 10.4. The van der Waals surface area contributed by atoms with Crippen molar-refractivity contribution in [3.63, 3.8) is 0 Å². The van der Waals surface area contributed by atoms with Gasteiger partial charge in [-0.05, 0) is 0 Å². The van der Waals surface area contributed by atoms with Gasteiger partial charge in [-0.25, -0.2) is 0 Å². The van der Waals surface area contributed by atoms with E-state index in [2.05, 4.69) is 40.4 Å². The molecule has 9 heteroatoms. The first-order valence-electron chi connectivity index (χ1n) is 8.49. The van der Waals surface area contributed by atoms with Crippen LogP contribution in [0.4, 0.5) is 11.5 Å². The number of aromatic nitrogens is 3. The van der Waals surface area contributed by atoms with Crippen LogP contribution in [0.5, 0.6) is 0 Å². The maximum absolute atomic E-state index is 12.8. The van der Waals surface area contributed by atoms with E-state index in [0.717, 1.165) is 29.7 Å². The Morgan fingerprint density at radius 3 is 2.97 bits per heavy atom. The molecule has 29 heavy (non-hydrogen) atoms. The van der Waals surface area contributed by atoms with E-state index in [4.69, 9.17) is 12.2 Å². The molecule has 3 aromatic rings. The SMILES string of the molecule is C#COB=Nc1cc(-c2ccncc2CC(=O)c2nc(Br)ccc2N)cc(C)n1. The average molecular weight is 448 g/mol. The van der Waals surface area contributed by atoms with Gasteiger partial charge >= 0.3 is 177 Å². The van der Waals surface area contributed by atoms with E-state index in [0.29, 0.717) is 16.1 Å². The number of hydrogen-bond acceptors (Lipinski definition) is 7. The van der Waals surface area contributed by atoms with Crippen LogP contribution >= 0.6 is 15.9 Å². The minimum atomic E-state index is -0.204. The maximum atomic E-state index is 12.8. The topological polar surface area (TPSA) is 103 Å². The number of nitrogen functional groups attached to an aromatic ring is 1. The molecule has 3 heterocycles. The van der Waals surface area contributed by atoms with Crippen molar-refractivity contribution in [1.29, 1.82) is 0 Å². The van der Waals surface area contributed by atoms with Crippen LogP contribution in [-0.2, 0) is 11.1 Å². The van der Waals surface area contributed by atoms with Gasteiger partial charge < -0.3 is 0 Å². The Hall–Kier alpha value is -3.38. The van der Waals surface area contributed by atoms with E-state index < -0.39 is 0 Å². The van der Waals surface area contributed by atoms with Crippen molar-refractivity contribution >= 4 is 40.5 Å². The van der Waals surface area contributed by atoms with Gasteiger partial charge in [0.05, 0.1) is 0 Å². The predicted molar refractivity (Wildman–Crippen MR) is 114 cm³/mol. The molecule has 0 fully saturated rings. The number of nitrogens with two attached hydrogens (primary N) is 1. The number of carbonyl (C=O) groups excluding carboxylic acids is 1. The first-order chi connectivity index (χ1) is 14.0. The second-order valence-electron chi connectivity index (χ2n) is 6.03. The number of pyridine rings is 3. The zero-order chi connectivity index (χ0) is 20.8. The Morgan fingerprint density at radius 2 is 2.17 bits per heavy atom. The van der Waals surface area contributed by atoms with Gasteiger partial charge in [-0.15, -0.1) is 0 Å². The Labute approximate surface area is 176 Å². The summed E-state index contributed by atoms with van der Waals surface area (Å²) in [6.07, 6.45) is 10.5. The molecule has 0 saturated heterocycles. The molecule has 142 valence electrons. The molecule has 0 unspecified atom stereocenters. The zero-order valence-corrected chi connectivity index (χ0v) is 17.0. The van der Waals surface area contributed by atoms with Crippen molar-refractivity contribution < 1.29 is 9.45 Å². The van der Waals surface area contributed by atoms with Gasteiger partial charge in [-0.2, -0.15) is 0 Å². The Balaban J connectivity index is 1.97. The first-order valence-corrected chi connectivity index (χ1v) is 9.28. The van der Waals surface area contributed by atoms with Crippen molar-refractivity contribution in [2.45, 2.75) is 13.3 Å².